The fraction of sp³-hybridized carbons (Fsp3) is 0.0714. The summed E-state index contributed by atoms with van der Waals surface area (Å²) in [4.78, 5) is 0.296. The molecule has 0 spiro atoms. The van der Waals surface area contributed by atoms with Crippen molar-refractivity contribution in [2.45, 2.75) is 9.79 Å². The Bertz CT molecular complexity index is 1560. The van der Waals surface area contributed by atoms with E-state index < -0.39 is 20.0 Å². The Labute approximate surface area is 253 Å². The van der Waals surface area contributed by atoms with E-state index in [1.165, 1.54) is 62.9 Å². The summed E-state index contributed by atoms with van der Waals surface area (Å²) >= 11 is 0. The second kappa shape index (κ2) is 15.1. The van der Waals surface area contributed by atoms with Gasteiger partial charge in [-0.05, 0) is 35.4 Å². The summed E-state index contributed by atoms with van der Waals surface area (Å²) in [6.45, 7) is 0. The molecule has 0 heterocycles. The standard InChI is InChI=1S/2C14H14N2O3S.Pd/c2*1-16(15-11-12-7-5-6-10-14(12)17)20(18,19)13-8-3-2-4-9-13;/h2*2-11,17H,1H3;/q;;+2/p-2/b2*15-11+;. The molecule has 0 aliphatic carbocycles. The molecule has 13 heteroatoms. The quantitative estimate of drug-likeness (QED) is 0.159. The smallest absolute Gasteiger partial charge is 0.872 e. The van der Waals surface area contributed by atoms with Gasteiger partial charge in [-0.25, -0.2) is 0 Å². The Morgan fingerprint density at radius 1 is 0.537 bits per heavy atom. The molecule has 216 valence electrons. The summed E-state index contributed by atoms with van der Waals surface area (Å²) in [5.74, 6) is -0.413. The first-order valence-corrected chi connectivity index (χ1v) is 14.6. The van der Waals surface area contributed by atoms with Crippen LogP contribution in [0.2, 0.25) is 0 Å². The molecule has 0 aliphatic rings. The third-order valence-corrected chi connectivity index (χ3v) is 8.65. The number of hydrogen-bond acceptors (Lipinski definition) is 8. The van der Waals surface area contributed by atoms with Crippen LogP contribution in [0.5, 0.6) is 11.5 Å². The molecule has 4 aromatic carbocycles. The molecule has 0 saturated heterocycles. The first kappa shape index (κ1) is 33.2. The number of rotatable bonds is 8. The average molecular weight is 685 g/mol. The molecule has 4 rings (SSSR count). The zero-order chi connectivity index (χ0) is 29.2. The van der Waals surface area contributed by atoms with Crippen LogP contribution in [0.15, 0.2) is 129 Å². The summed E-state index contributed by atoms with van der Waals surface area (Å²) in [5, 5.41) is 30.6. The summed E-state index contributed by atoms with van der Waals surface area (Å²) in [6, 6.07) is 28.5. The Morgan fingerprint density at radius 3 is 1.15 bits per heavy atom. The van der Waals surface area contributed by atoms with Crippen LogP contribution >= 0.6 is 0 Å². The van der Waals surface area contributed by atoms with Gasteiger partial charge < -0.3 is 10.2 Å². The van der Waals surface area contributed by atoms with Gasteiger partial charge in [0.15, 0.2) is 0 Å². The second-order valence-corrected chi connectivity index (χ2v) is 12.0. The largest absolute Gasteiger partial charge is 2.00 e. The molecule has 41 heavy (non-hydrogen) atoms. The first-order chi connectivity index (χ1) is 19.0. The van der Waals surface area contributed by atoms with Crippen LogP contribution in [0, 0.1) is 0 Å². The van der Waals surface area contributed by atoms with Gasteiger partial charge in [-0.3, -0.25) is 0 Å². The van der Waals surface area contributed by atoms with E-state index in [1.54, 1.807) is 72.8 Å². The van der Waals surface area contributed by atoms with Crippen molar-refractivity contribution in [1.82, 2.24) is 8.83 Å². The molecule has 0 N–H and O–H groups in total. The minimum absolute atomic E-state index is 0. The number of hydrazone groups is 2. The van der Waals surface area contributed by atoms with E-state index in [0.29, 0.717) is 11.1 Å². The topological polar surface area (TPSA) is 146 Å². The normalized spacial score (nSPS) is 11.4. The molecule has 4 aromatic rings. The number of para-hydroxylation sites is 2. The molecule has 0 saturated carbocycles. The van der Waals surface area contributed by atoms with E-state index in [2.05, 4.69) is 10.2 Å². The van der Waals surface area contributed by atoms with Crippen LogP contribution in [0.25, 0.3) is 0 Å². The zero-order valence-electron chi connectivity index (χ0n) is 21.9. The summed E-state index contributed by atoms with van der Waals surface area (Å²) < 4.78 is 50.4. The van der Waals surface area contributed by atoms with Gasteiger partial charge in [-0.2, -0.15) is 35.9 Å². The van der Waals surface area contributed by atoms with Crippen LogP contribution in [-0.4, -0.2) is 52.2 Å². The van der Waals surface area contributed by atoms with Crippen molar-refractivity contribution in [2.24, 2.45) is 10.2 Å². The van der Waals surface area contributed by atoms with E-state index in [1.807, 2.05) is 0 Å². The van der Waals surface area contributed by atoms with Crippen molar-refractivity contribution in [2.75, 3.05) is 14.1 Å². The van der Waals surface area contributed by atoms with E-state index in [0.717, 1.165) is 8.83 Å². The van der Waals surface area contributed by atoms with Gasteiger partial charge in [0.25, 0.3) is 20.0 Å². The van der Waals surface area contributed by atoms with Gasteiger partial charge in [0.2, 0.25) is 0 Å². The number of benzene rings is 4. The molecule has 0 bridgehead atoms. The Morgan fingerprint density at radius 2 is 0.829 bits per heavy atom. The van der Waals surface area contributed by atoms with Gasteiger partial charge >= 0.3 is 20.4 Å². The molecule has 0 unspecified atom stereocenters. The third kappa shape index (κ3) is 8.99. The maximum absolute atomic E-state index is 12.2. The predicted molar refractivity (Wildman–Crippen MR) is 150 cm³/mol. The molecular formula is C28H26N4O6PdS2. The van der Waals surface area contributed by atoms with E-state index in [9.17, 15) is 27.0 Å². The van der Waals surface area contributed by atoms with Crippen molar-refractivity contribution in [3.63, 3.8) is 0 Å². The van der Waals surface area contributed by atoms with Crippen molar-refractivity contribution in [3.8, 4) is 11.5 Å². The van der Waals surface area contributed by atoms with Crippen LogP contribution in [0.1, 0.15) is 11.1 Å². The first-order valence-electron chi connectivity index (χ1n) is 11.7. The van der Waals surface area contributed by atoms with E-state index >= 15 is 0 Å². The SMILES string of the molecule is CN(/N=C/c1ccccc1[O-])S(=O)(=O)c1ccccc1.CN(/N=C/c1ccccc1[O-])S(=O)(=O)c1ccccc1.[Pd+2]. The number of hydrogen-bond donors (Lipinski definition) is 0. The van der Waals surface area contributed by atoms with Crippen LogP contribution in [0.4, 0.5) is 0 Å². The number of nitrogens with zero attached hydrogens (tertiary/aromatic N) is 4. The van der Waals surface area contributed by atoms with Crippen molar-refractivity contribution >= 4 is 32.5 Å². The Kier molecular flexibility index (Phi) is 12.2. The van der Waals surface area contributed by atoms with Gasteiger partial charge in [0.05, 0.1) is 22.2 Å². The fourth-order valence-electron chi connectivity index (χ4n) is 3.08. The van der Waals surface area contributed by atoms with E-state index in [-0.39, 0.29) is 41.7 Å². The predicted octanol–water partition coefficient (Wildman–Crippen LogP) is 2.83. The van der Waals surface area contributed by atoms with Gasteiger partial charge in [0.1, 0.15) is 0 Å². The van der Waals surface area contributed by atoms with E-state index in [4.69, 9.17) is 0 Å². The molecule has 0 aromatic heterocycles. The Hall–Kier alpha value is -4.02. The van der Waals surface area contributed by atoms with Gasteiger partial charge in [-0.1, -0.05) is 96.4 Å². The summed E-state index contributed by atoms with van der Waals surface area (Å²) in [7, 11) is -4.73. The molecule has 0 radical (unpaired) electrons. The van der Waals surface area contributed by atoms with Gasteiger partial charge in [-0.15, -0.1) is 0 Å². The van der Waals surface area contributed by atoms with Crippen molar-refractivity contribution in [3.05, 3.63) is 120 Å². The molecule has 0 fully saturated rings. The van der Waals surface area contributed by atoms with Crippen molar-refractivity contribution < 1.29 is 47.5 Å². The van der Waals surface area contributed by atoms with Crippen LogP contribution in [-0.2, 0) is 40.5 Å². The summed E-state index contributed by atoms with van der Waals surface area (Å²) in [6.07, 6.45) is 2.48. The average Bonchev–Trinajstić information content (AvgIpc) is 2.97. The maximum Gasteiger partial charge on any atom is 2.00 e. The van der Waals surface area contributed by atoms with Gasteiger partial charge in [0, 0.05) is 14.1 Å². The number of sulfonamides is 2. The minimum Gasteiger partial charge on any atom is -0.872 e. The van der Waals surface area contributed by atoms with Crippen molar-refractivity contribution in [1.29, 1.82) is 0 Å². The second-order valence-electron chi connectivity index (χ2n) is 8.07. The molecule has 0 aliphatic heterocycles. The Balaban J connectivity index is 0.000000280. The maximum atomic E-state index is 12.2. The monoisotopic (exact) mass is 684 g/mol. The fourth-order valence-corrected chi connectivity index (χ4v) is 5.03. The minimum atomic E-state index is -3.69. The molecule has 10 nitrogen and oxygen atoms in total. The molecule has 0 amide bonds. The molecular weight excluding hydrogens is 659 g/mol. The molecule has 0 atom stereocenters. The third-order valence-electron chi connectivity index (χ3n) is 5.33. The summed E-state index contributed by atoms with van der Waals surface area (Å²) in [5.41, 5.74) is 0.672. The van der Waals surface area contributed by atoms with Crippen LogP contribution in [0.3, 0.4) is 0 Å². The van der Waals surface area contributed by atoms with Crippen LogP contribution < -0.4 is 10.2 Å². The zero-order valence-corrected chi connectivity index (χ0v) is 25.1.